The molecule has 17 heavy (non-hydrogen) atoms. The highest BCUT2D eigenvalue weighted by molar-refractivity contribution is 7.98. The van der Waals surface area contributed by atoms with Gasteiger partial charge in [0.1, 0.15) is 0 Å². The number of rotatable bonds is 9. The fourth-order valence-electron chi connectivity index (χ4n) is 2.69. The van der Waals surface area contributed by atoms with Gasteiger partial charge in [0.05, 0.1) is 0 Å². The summed E-state index contributed by atoms with van der Waals surface area (Å²) in [6.45, 7) is 4.92. The van der Waals surface area contributed by atoms with E-state index in [4.69, 9.17) is 0 Å². The standard InChI is InChI=1S/C15H31NS/c1-14-7-9-15(10-8-14)13-16-11-5-3-4-6-12-17-2/h14-16H,3-13H2,1-2H3. The topological polar surface area (TPSA) is 12.0 Å². The van der Waals surface area contributed by atoms with E-state index in [1.54, 1.807) is 0 Å². The van der Waals surface area contributed by atoms with E-state index < -0.39 is 0 Å². The van der Waals surface area contributed by atoms with Crippen molar-refractivity contribution in [3.05, 3.63) is 0 Å². The maximum atomic E-state index is 3.66. The van der Waals surface area contributed by atoms with Gasteiger partial charge in [-0.3, -0.25) is 0 Å². The monoisotopic (exact) mass is 257 g/mol. The Balaban J connectivity index is 1.81. The van der Waals surface area contributed by atoms with Gasteiger partial charge >= 0.3 is 0 Å². The van der Waals surface area contributed by atoms with Gasteiger partial charge < -0.3 is 5.32 Å². The lowest BCUT2D eigenvalue weighted by Gasteiger charge is -2.26. The van der Waals surface area contributed by atoms with Crippen molar-refractivity contribution in [3.8, 4) is 0 Å². The maximum absolute atomic E-state index is 3.66. The predicted octanol–water partition coefficient (Wildman–Crippen LogP) is 4.33. The van der Waals surface area contributed by atoms with E-state index in [2.05, 4.69) is 18.5 Å². The third-order valence-electron chi connectivity index (χ3n) is 4.02. The van der Waals surface area contributed by atoms with Crippen LogP contribution < -0.4 is 5.32 Å². The van der Waals surface area contributed by atoms with Gasteiger partial charge in [-0.2, -0.15) is 11.8 Å². The molecule has 1 fully saturated rings. The summed E-state index contributed by atoms with van der Waals surface area (Å²) in [4.78, 5) is 0. The highest BCUT2D eigenvalue weighted by Gasteiger charge is 2.17. The van der Waals surface area contributed by atoms with Crippen molar-refractivity contribution < 1.29 is 0 Å². The lowest BCUT2D eigenvalue weighted by Crippen LogP contribution is -2.26. The molecular weight excluding hydrogens is 226 g/mol. The van der Waals surface area contributed by atoms with Crippen LogP contribution in [-0.2, 0) is 0 Å². The highest BCUT2D eigenvalue weighted by atomic mass is 32.2. The molecule has 1 saturated carbocycles. The average molecular weight is 257 g/mol. The van der Waals surface area contributed by atoms with E-state index in [9.17, 15) is 0 Å². The molecule has 1 aliphatic rings. The van der Waals surface area contributed by atoms with E-state index in [-0.39, 0.29) is 0 Å². The Labute approximate surface area is 113 Å². The Kier molecular flexibility index (Phi) is 9.27. The van der Waals surface area contributed by atoms with Crippen molar-refractivity contribution in [3.63, 3.8) is 0 Å². The van der Waals surface area contributed by atoms with Gasteiger partial charge in [0.2, 0.25) is 0 Å². The van der Waals surface area contributed by atoms with Crippen LogP contribution in [0.2, 0.25) is 0 Å². The van der Waals surface area contributed by atoms with Gasteiger partial charge in [-0.1, -0.05) is 32.6 Å². The summed E-state index contributed by atoms with van der Waals surface area (Å²) < 4.78 is 0. The van der Waals surface area contributed by atoms with Gasteiger partial charge in [0.15, 0.2) is 0 Å². The molecule has 0 aromatic rings. The van der Waals surface area contributed by atoms with Crippen molar-refractivity contribution in [1.29, 1.82) is 0 Å². The number of hydrogen-bond acceptors (Lipinski definition) is 2. The Morgan fingerprint density at radius 2 is 1.71 bits per heavy atom. The first-order valence-corrected chi connectivity index (χ1v) is 8.92. The number of hydrogen-bond donors (Lipinski definition) is 1. The second-order valence-corrected chi connectivity index (χ2v) is 6.72. The molecule has 0 amide bonds. The van der Waals surface area contributed by atoms with E-state index in [1.165, 1.54) is 70.2 Å². The first-order valence-electron chi connectivity index (χ1n) is 7.52. The summed E-state index contributed by atoms with van der Waals surface area (Å²) in [5.41, 5.74) is 0. The molecule has 0 aromatic heterocycles. The summed E-state index contributed by atoms with van der Waals surface area (Å²) in [6.07, 6.45) is 13.6. The Hall–Kier alpha value is 0.310. The van der Waals surface area contributed by atoms with Crippen molar-refractivity contribution in [1.82, 2.24) is 5.32 Å². The summed E-state index contributed by atoms with van der Waals surface area (Å²) in [5.74, 6) is 3.30. The molecule has 2 heteroatoms. The zero-order valence-corrected chi connectivity index (χ0v) is 12.7. The van der Waals surface area contributed by atoms with Crippen molar-refractivity contribution >= 4 is 11.8 Å². The van der Waals surface area contributed by atoms with Crippen LogP contribution in [0.1, 0.15) is 58.3 Å². The smallest absolute Gasteiger partial charge is 0.00205 e. The van der Waals surface area contributed by atoms with Gasteiger partial charge in [0.25, 0.3) is 0 Å². The summed E-state index contributed by atoms with van der Waals surface area (Å²) in [6, 6.07) is 0. The zero-order chi connectivity index (χ0) is 12.3. The number of nitrogens with one attached hydrogen (secondary N) is 1. The minimum Gasteiger partial charge on any atom is -0.316 e. The molecule has 1 nitrogen and oxygen atoms in total. The lowest BCUT2D eigenvalue weighted by molar-refractivity contribution is 0.281. The normalized spacial score (nSPS) is 25.1. The predicted molar refractivity (Wildman–Crippen MR) is 80.8 cm³/mol. The van der Waals surface area contributed by atoms with Crippen LogP contribution >= 0.6 is 11.8 Å². The van der Waals surface area contributed by atoms with Crippen molar-refractivity contribution in [2.45, 2.75) is 58.3 Å². The third kappa shape index (κ3) is 8.10. The molecule has 0 radical (unpaired) electrons. The lowest BCUT2D eigenvalue weighted by atomic mass is 9.83. The molecule has 1 aliphatic carbocycles. The largest absolute Gasteiger partial charge is 0.316 e. The summed E-state index contributed by atoms with van der Waals surface area (Å²) >= 11 is 1.97. The molecule has 1 N–H and O–H groups in total. The first-order chi connectivity index (χ1) is 8.33. The highest BCUT2D eigenvalue weighted by Crippen LogP contribution is 2.27. The average Bonchev–Trinajstić information content (AvgIpc) is 2.35. The van der Waals surface area contributed by atoms with E-state index >= 15 is 0 Å². The molecule has 0 heterocycles. The third-order valence-corrected chi connectivity index (χ3v) is 4.72. The molecule has 0 unspecified atom stereocenters. The van der Waals surface area contributed by atoms with Gasteiger partial charge in [-0.15, -0.1) is 0 Å². The van der Waals surface area contributed by atoms with Crippen LogP contribution in [0.25, 0.3) is 0 Å². The second kappa shape index (κ2) is 10.3. The zero-order valence-electron chi connectivity index (χ0n) is 11.8. The molecule has 0 atom stereocenters. The molecular formula is C15H31NS. The van der Waals surface area contributed by atoms with Crippen LogP contribution in [0.3, 0.4) is 0 Å². The van der Waals surface area contributed by atoms with Gasteiger partial charge in [0, 0.05) is 0 Å². The van der Waals surface area contributed by atoms with Crippen LogP contribution in [0.5, 0.6) is 0 Å². The molecule has 0 saturated heterocycles. The number of unbranched alkanes of at least 4 members (excludes halogenated alkanes) is 3. The second-order valence-electron chi connectivity index (χ2n) is 5.74. The van der Waals surface area contributed by atoms with Crippen LogP contribution in [0, 0.1) is 11.8 Å². The summed E-state index contributed by atoms with van der Waals surface area (Å²) in [5, 5.41) is 3.66. The maximum Gasteiger partial charge on any atom is -0.00205 e. The molecule has 0 aromatic carbocycles. The molecule has 0 bridgehead atoms. The first kappa shape index (κ1) is 15.4. The van der Waals surface area contributed by atoms with E-state index in [0.29, 0.717) is 0 Å². The van der Waals surface area contributed by atoms with Gasteiger partial charge in [-0.25, -0.2) is 0 Å². The molecule has 1 rings (SSSR count). The quantitative estimate of drug-likeness (QED) is 0.617. The minimum absolute atomic E-state index is 0.975. The van der Waals surface area contributed by atoms with Crippen LogP contribution in [-0.4, -0.2) is 25.1 Å². The van der Waals surface area contributed by atoms with E-state index in [0.717, 1.165) is 11.8 Å². The van der Waals surface area contributed by atoms with E-state index in [1.807, 2.05) is 11.8 Å². The van der Waals surface area contributed by atoms with Crippen molar-refractivity contribution in [2.24, 2.45) is 11.8 Å². The molecule has 0 spiro atoms. The Bertz CT molecular complexity index is 164. The molecule has 0 aliphatic heterocycles. The fourth-order valence-corrected chi connectivity index (χ4v) is 3.18. The minimum atomic E-state index is 0.975. The SMILES string of the molecule is CSCCCCCCNCC1CCC(C)CC1. The van der Waals surface area contributed by atoms with Crippen LogP contribution in [0.15, 0.2) is 0 Å². The van der Waals surface area contributed by atoms with Gasteiger partial charge in [-0.05, 0) is 62.6 Å². The van der Waals surface area contributed by atoms with Crippen molar-refractivity contribution in [2.75, 3.05) is 25.1 Å². The molecule has 102 valence electrons. The van der Waals surface area contributed by atoms with Crippen LogP contribution in [0.4, 0.5) is 0 Å². The summed E-state index contributed by atoms with van der Waals surface area (Å²) in [7, 11) is 0. The fraction of sp³-hybridized carbons (Fsp3) is 1.00. The number of thioether (sulfide) groups is 1. The Morgan fingerprint density at radius 1 is 1.00 bits per heavy atom. The Morgan fingerprint density at radius 3 is 2.41 bits per heavy atom.